The van der Waals surface area contributed by atoms with E-state index in [1.807, 2.05) is 0 Å². The molecule has 54 valence electrons. The molecule has 0 bridgehead atoms. The van der Waals surface area contributed by atoms with Crippen molar-refractivity contribution in [1.82, 2.24) is 5.32 Å². The smallest absolute Gasteiger partial charge is 0.0471 e. The van der Waals surface area contributed by atoms with Gasteiger partial charge >= 0.3 is 0 Å². The zero-order valence-corrected chi connectivity index (χ0v) is 5.93. The van der Waals surface area contributed by atoms with Crippen LogP contribution in [0.3, 0.4) is 0 Å². The summed E-state index contributed by atoms with van der Waals surface area (Å²) >= 11 is 0. The second kappa shape index (κ2) is 3.18. The van der Waals surface area contributed by atoms with Gasteiger partial charge in [-0.2, -0.15) is 0 Å². The van der Waals surface area contributed by atoms with Crippen LogP contribution in [0.15, 0.2) is 0 Å². The highest BCUT2D eigenvalue weighted by Gasteiger charge is 2.19. The zero-order valence-electron chi connectivity index (χ0n) is 5.93. The molecule has 1 rings (SSSR count). The number of nitrogens with one attached hydrogen (secondary N) is 1. The average molecular weight is 129 g/mol. The third-order valence-electron chi connectivity index (χ3n) is 2.07. The maximum Gasteiger partial charge on any atom is 0.0471 e. The Hall–Kier alpha value is -0.0800. The molecule has 0 radical (unpaired) electrons. The number of aliphatic hydroxyl groups is 1. The zero-order chi connectivity index (χ0) is 6.69. The summed E-state index contributed by atoms with van der Waals surface area (Å²) in [6, 6.07) is 0.579. The minimum Gasteiger partial charge on any atom is -0.396 e. The van der Waals surface area contributed by atoms with Gasteiger partial charge in [0.15, 0.2) is 0 Å². The summed E-state index contributed by atoms with van der Waals surface area (Å²) in [5, 5.41) is 12.1. The third-order valence-corrected chi connectivity index (χ3v) is 2.07. The first-order chi connectivity index (χ1) is 4.34. The van der Waals surface area contributed by atoms with E-state index < -0.39 is 0 Å². The van der Waals surface area contributed by atoms with E-state index in [2.05, 4.69) is 12.2 Å². The lowest BCUT2D eigenvalue weighted by Gasteiger charge is -2.15. The molecule has 0 aromatic carbocycles. The second-order valence-electron chi connectivity index (χ2n) is 2.86. The summed E-state index contributed by atoms with van der Waals surface area (Å²) in [7, 11) is 0. The summed E-state index contributed by atoms with van der Waals surface area (Å²) in [6.07, 6.45) is 2.51. The molecule has 2 N–H and O–H groups in total. The fourth-order valence-corrected chi connectivity index (χ4v) is 1.32. The van der Waals surface area contributed by atoms with Crippen molar-refractivity contribution in [3.8, 4) is 0 Å². The van der Waals surface area contributed by atoms with Crippen molar-refractivity contribution in [2.24, 2.45) is 5.92 Å². The van der Waals surface area contributed by atoms with Gasteiger partial charge in [0.05, 0.1) is 0 Å². The Morgan fingerprint density at radius 1 is 1.78 bits per heavy atom. The van der Waals surface area contributed by atoms with Crippen molar-refractivity contribution in [2.45, 2.75) is 25.8 Å². The minimum absolute atomic E-state index is 0.317. The lowest BCUT2D eigenvalue weighted by Crippen LogP contribution is -2.30. The first-order valence-corrected chi connectivity index (χ1v) is 3.69. The summed E-state index contributed by atoms with van der Waals surface area (Å²) in [4.78, 5) is 0. The van der Waals surface area contributed by atoms with Gasteiger partial charge in [-0.25, -0.2) is 0 Å². The molecular weight excluding hydrogens is 114 g/mol. The molecule has 0 aromatic heterocycles. The molecule has 1 aliphatic rings. The Bertz CT molecular complexity index is 79.0. The van der Waals surface area contributed by atoms with Gasteiger partial charge in [0.2, 0.25) is 0 Å². The molecular formula is C7H15NO. The average Bonchev–Trinajstić information content (AvgIpc) is 2.37. The van der Waals surface area contributed by atoms with Crippen LogP contribution < -0.4 is 5.32 Å². The molecule has 2 atom stereocenters. The minimum atomic E-state index is 0.317. The van der Waals surface area contributed by atoms with Crippen molar-refractivity contribution in [1.29, 1.82) is 0 Å². The van der Waals surface area contributed by atoms with E-state index in [9.17, 15) is 0 Å². The molecule has 0 saturated carbocycles. The van der Waals surface area contributed by atoms with Gasteiger partial charge < -0.3 is 10.4 Å². The SMILES string of the molecule is CC(CO)C1CCCN1. The molecule has 2 unspecified atom stereocenters. The van der Waals surface area contributed by atoms with Crippen molar-refractivity contribution in [3.63, 3.8) is 0 Å². The van der Waals surface area contributed by atoms with Gasteiger partial charge in [-0.15, -0.1) is 0 Å². The summed E-state index contributed by atoms with van der Waals surface area (Å²) < 4.78 is 0. The number of hydrogen-bond donors (Lipinski definition) is 2. The third kappa shape index (κ3) is 1.66. The van der Waals surface area contributed by atoms with Gasteiger partial charge in [-0.1, -0.05) is 6.92 Å². The quantitative estimate of drug-likeness (QED) is 0.564. The van der Waals surface area contributed by atoms with Crippen LogP contribution in [-0.2, 0) is 0 Å². The van der Waals surface area contributed by atoms with Crippen molar-refractivity contribution < 1.29 is 5.11 Å². The largest absolute Gasteiger partial charge is 0.396 e. The molecule has 1 aliphatic heterocycles. The lowest BCUT2D eigenvalue weighted by molar-refractivity contribution is 0.209. The van der Waals surface area contributed by atoms with E-state index in [-0.39, 0.29) is 0 Å². The van der Waals surface area contributed by atoms with Crippen LogP contribution in [0.25, 0.3) is 0 Å². The predicted molar refractivity (Wildman–Crippen MR) is 37.3 cm³/mol. The first-order valence-electron chi connectivity index (χ1n) is 3.69. The fourth-order valence-electron chi connectivity index (χ4n) is 1.32. The topological polar surface area (TPSA) is 32.3 Å². The molecule has 9 heavy (non-hydrogen) atoms. The first kappa shape index (κ1) is 7.03. The number of aliphatic hydroxyl groups excluding tert-OH is 1. The highest BCUT2D eigenvalue weighted by Crippen LogP contribution is 2.13. The Labute approximate surface area is 56.3 Å². The Balaban J connectivity index is 2.24. The molecule has 0 spiro atoms. The normalized spacial score (nSPS) is 30.7. The molecule has 2 heteroatoms. The van der Waals surface area contributed by atoms with Crippen LogP contribution in [0.4, 0.5) is 0 Å². The molecule has 0 amide bonds. The van der Waals surface area contributed by atoms with E-state index in [1.165, 1.54) is 12.8 Å². The van der Waals surface area contributed by atoms with Crippen LogP contribution in [0.5, 0.6) is 0 Å². The highest BCUT2D eigenvalue weighted by molar-refractivity contribution is 4.78. The van der Waals surface area contributed by atoms with Crippen LogP contribution in [0.1, 0.15) is 19.8 Å². The monoisotopic (exact) mass is 129 g/mol. The molecule has 1 fully saturated rings. The molecule has 1 saturated heterocycles. The summed E-state index contributed by atoms with van der Waals surface area (Å²) in [5.74, 6) is 0.437. The van der Waals surface area contributed by atoms with Gasteiger partial charge in [0.1, 0.15) is 0 Å². The number of rotatable bonds is 2. The molecule has 2 nitrogen and oxygen atoms in total. The van der Waals surface area contributed by atoms with E-state index in [0.717, 1.165) is 6.54 Å². The Morgan fingerprint density at radius 2 is 2.56 bits per heavy atom. The van der Waals surface area contributed by atoms with Gasteiger partial charge in [-0.05, 0) is 25.3 Å². The van der Waals surface area contributed by atoms with Gasteiger partial charge in [0, 0.05) is 12.6 Å². The van der Waals surface area contributed by atoms with Crippen LogP contribution in [0, 0.1) is 5.92 Å². The molecule has 0 aromatic rings. The van der Waals surface area contributed by atoms with Crippen LogP contribution in [0.2, 0.25) is 0 Å². The van der Waals surface area contributed by atoms with Crippen LogP contribution in [-0.4, -0.2) is 24.3 Å². The van der Waals surface area contributed by atoms with Crippen molar-refractivity contribution >= 4 is 0 Å². The Kier molecular flexibility index (Phi) is 2.49. The maximum absolute atomic E-state index is 8.76. The molecule has 0 aliphatic carbocycles. The summed E-state index contributed by atoms with van der Waals surface area (Å²) in [6.45, 7) is 3.54. The highest BCUT2D eigenvalue weighted by atomic mass is 16.3. The van der Waals surface area contributed by atoms with E-state index in [1.54, 1.807) is 0 Å². The van der Waals surface area contributed by atoms with Gasteiger partial charge in [0.25, 0.3) is 0 Å². The fraction of sp³-hybridized carbons (Fsp3) is 1.00. The predicted octanol–water partition coefficient (Wildman–Crippen LogP) is 0.367. The standard InChI is InChI=1S/C7H15NO/c1-6(5-9)7-3-2-4-8-7/h6-9H,2-5H2,1H3. The van der Waals surface area contributed by atoms with E-state index >= 15 is 0 Å². The Morgan fingerprint density at radius 3 is 3.00 bits per heavy atom. The lowest BCUT2D eigenvalue weighted by atomic mass is 10.0. The van der Waals surface area contributed by atoms with Crippen molar-refractivity contribution in [3.05, 3.63) is 0 Å². The molecule has 1 heterocycles. The summed E-state index contributed by atoms with van der Waals surface area (Å²) in [5.41, 5.74) is 0. The maximum atomic E-state index is 8.76. The van der Waals surface area contributed by atoms with Crippen LogP contribution >= 0.6 is 0 Å². The van der Waals surface area contributed by atoms with Crippen molar-refractivity contribution in [2.75, 3.05) is 13.2 Å². The van der Waals surface area contributed by atoms with Gasteiger partial charge in [-0.3, -0.25) is 0 Å². The van der Waals surface area contributed by atoms with E-state index in [4.69, 9.17) is 5.11 Å². The number of hydrogen-bond acceptors (Lipinski definition) is 2. The van der Waals surface area contributed by atoms with E-state index in [0.29, 0.717) is 18.6 Å². The second-order valence-corrected chi connectivity index (χ2v) is 2.86.